The maximum atomic E-state index is 4.51. The maximum Gasteiger partial charge on any atom is 0.136 e. The monoisotopic (exact) mass is 271 g/mol. The fraction of sp³-hybridized carbons (Fsp3) is 0.333. The molecule has 1 heterocycles. The lowest BCUT2D eigenvalue weighted by Gasteiger charge is -2.18. The molecule has 0 fully saturated rings. The average molecular weight is 271 g/mol. The van der Waals surface area contributed by atoms with Gasteiger partial charge in [0.2, 0.25) is 0 Å². The molecule has 2 rings (SSSR count). The second-order valence-electron chi connectivity index (χ2n) is 4.69. The van der Waals surface area contributed by atoms with Gasteiger partial charge in [0.05, 0.1) is 11.4 Å². The van der Waals surface area contributed by atoms with Gasteiger partial charge in [-0.05, 0) is 12.1 Å². The van der Waals surface area contributed by atoms with E-state index in [0.717, 1.165) is 35.3 Å². The van der Waals surface area contributed by atoms with Crippen molar-refractivity contribution in [1.29, 1.82) is 0 Å². The van der Waals surface area contributed by atoms with Gasteiger partial charge in [0, 0.05) is 33.6 Å². The highest BCUT2D eigenvalue weighted by Crippen LogP contribution is 2.27. The fourth-order valence-corrected chi connectivity index (χ4v) is 1.95. The van der Waals surface area contributed by atoms with Crippen LogP contribution in [0.5, 0.6) is 0 Å². The van der Waals surface area contributed by atoms with Crippen LogP contribution < -0.4 is 15.5 Å². The van der Waals surface area contributed by atoms with Gasteiger partial charge in [-0.1, -0.05) is 19.1 Å². The Hall–Kier alpha value is -2.30. The van der Waals surface area contributed by atoms with Crippen LogP contribution in [0.2, 0.25) is 0 Å². The summed E-state index contributed by atoms with van der Waals surface area (Å²) < 4.78 is 0. The van der Waals surface area contributed by atoms with Crippen molar-refractivity contribution in [2.75, 3.05) is 36.7 Å². The summed E-state index contributed by atoms with van der Waals surface area (Å²) in [5, 5.41) is 6.43. The first-order valence-electron chi connectivity index (χ1n) is 6.73. The Balaban J connectivity index is 2.34. The second-order valence-corrected chi connectivity index (χ2v) is 4.69. The van der Waals surface area contributed by atoms with Gasteiger partial charge >= 0.3 is 0 Å². The molecule has 20 heavy (non-hydrogen) atoms. The highest BCUT2D eigenvalue weighted by Gasteiger charge is 2.07. The first kappa shape index (κ1) is 14.1. The van der Waals surface area contributed by atoms with E-state index in [1.807, 2.05) is 52.3 Å². The molecule has 106 valence electrons. The molecule has 0 bridgehead atoms. The SMILES string of the molecule is CCc1nc(NC)cc(Nc2ccccc2N(C)C)n1. The van der Waals surface area contributed by atoms with Gasteiger partial charge in [-0.15, -0.1) is 0 Å². The predicted molar refractivity (Wildman–Crippen MR) is 85.0 cm³/mol. The normalized spacial score (nSPS) is 10.2. The number of aromatic nitrogens is 2. The number of rotatable bonds is 5. The summed E-state index contributed by atoms with van der Waals surface area (Å²) in [7, 11) is 5.91. The van der Waals surface area contributed by atoms with Crippen molar-refractivity contribution in [3.63, 3.8) is 0 Å². The standard InChI is InChI=1S/C15H21N5/c1-5-13-18-14(16-2)10-15(19-13)17-11-8-6-7-9-12(11)20(3)4/h6-10H,5H2,1-4H3,(H2,16,17,18,19). The lowest BCUT2D eigenvalue weighted by Crippen LogP contribution is -2.11. The van der Waals surface area contributed by atoms with Crippen LogP contribution in [0.4, 0.5) is 23.0 Å². The molecule has 0 saturated carbocycles. The van der Waals surface area contributed by atoms with Gasteiger partial charge in [-0.25, -0.2) is 9.97 Å². The molecule has 0 saturated heterocycles. The van der Waals surface area contributed by atoms with Crippen molar-refractivity contribution in [2.24, 2.45) is 0 Å². The number of nitrogens with zero attached hydrogens (tertiary/aromatic N) is 3. The van der Waals surface area contributed by atoms with Crippen molar-refractivity contribution in [3.05, 3.63) is 36.2 Å². The highest BCUT2D eigenvalue weighted by atomic mass is 15.1. The van der Waals surface area contributed by atoms with Gasteiger partial charge in [0.1, 0.15) is 17.5 Å². The van der Waals surface area contributed by atoms with E-state index in [-0.39, 0.29) is 0 Å². The fourth-order valence-electron chi connectivity index (χ4n) is 1.95. The van der Waals surface area contributed by atoms with E-state index in [1.54, 1.807) is 0 Å². The van der Waals surface area contributed by atoms with Crippen LogP contribution in [0.3, 0.4) is 0 Å². The van der Waals surface area contributed by atoms with Crippen LogP contribution in [0.15, 0.2) is 30.3 Å². The Morgan fingerprint density at radius 1 is 1.10 bits per heavy atom. The number of nitrogens with one attached hydrogen (secondary N) is 2. The second kappa shape index (κ2) is 6.23. The Kier molecular flexibility index (Phi) is 4.40. The van der Waals surface area contributed by atoms with Gasteiger partial charge in [-0.2, -0.15) is 0 Å². The molecular weight excluding hydrogens is 250 g/mol. The van der Waals surface area contributed by atoms with Crippen LogP contribution in [-0.2, 0) is 6.42 Å². The van der Waals surface area contributed by atoms with Crippen molar-refractivity contribution in [2.45, 2.75) is 13.3 Å². The largest absolute Gasteiger partial charge is 0.376 e. The molecule has 2 aromatic rings. The summed E-state index contributed by atoms with van der Waals surface area (Å²) >= 11 is 0. The zero-order valence-electron chi connectivity index (χ0n) is 12.4. The van der Waals surface area contributed by atoms with E-state index in [0.29, 0.717) is 0 Å². The molecule has 2 N–H and O–H groups in total. The van der Waals surface area contributed by atoms with E-state index < -0.39 is 0 Å². The average Bonchev–Trinajstić information content (AvgIpc) is 2.47. The molecule has 1 aromatic heterocycles. The molecule has 5 heteroatoms. The van der Waals surface area contributed by atoms with Crippen molar-refractivity contribution in [1.82, 2.24) is 9.97 Å². The summed E-state index contributed by atoms with van der Waals surface area (Å²) in [6.07, 6.45) is 0.805. The molecular formula is C15H21N5. The summed E-state index contributed by atoms with van der Waals surface area (Å²) in [6, 6.07) is 10.1. The Morgan fingerprint density at radius 2 is 1.80 bits per heavy atom. The zero-order valence-corrected chi connectivity index (χ0v) is 12.4. The molecule has 0 aliphatic rings. The quantitative estimate of drug-likeness (QED) is 0.875. The van der Waals surface area contributed by atoms with Gasteiger partial charge in [0.25, 0.3) is 0 Å². The van der Waals surface area contributed by atoms with E-state index in [2.05, 4.69) is 31.6 Å². The van der Waals surface area contributed by atoms with Crippen LogP contribution in [0, 0.1) is 0 Å². The summed E-state index contributed by atoms with van der Waals surface area (Å²) in [5.41, 5.74) is 2.15. The Bertz CT molecular complexity index is 558. The minimum absolute atomic E-state index is 0.801. The molecule has 1 aromatic carbocycles. The van der Waals surface area contributed by atoms with Gasteiger partial charge in [0.15, 0.2) is 0 Å². The first-order valence-corrected chi connectivity index (χ1v) is 6.73. The van der Waals surface area contributed by atoms with Gasteiger partial charge < -0.3 is 15.5 Å². The maximum absolute atomic E-state index is 4.51. The molecule has 0 unspecified atom stereocenters. The van der Waals surface area contributed by atoms with Crippen LogP contribution in [-0.4, -0.2) is 31.1 Å². The van der Waals surface area contributed by atoms with E-state index >= 15 is 0 Å². The van der Waals surface area contributed by atoms with Gasteiger partial charge in [-0.3, -0.25) is 0 Å². The number of para-hydroxylation sites is 2. The van der Waals surface area contributed by atoms with Crippen molar-refractivity contribution < 1.29 is 0 Å². The van der Waals surface area contributed by atoms with Crippen LogP contribution in [0.1, 0.15) is 12.7 Å². The highest BCUT2D eigenvalue weighted by molar-refractivity contribution is 5.74. The number of aryl methyl sites for hydroxylation is 1. The minimum Gasteiger partial charge on any atom is -0.376 e. The molecule has 0 aliphatic heterocycles. The smallest absolute Gasteiger partial charge is 0.136 e. The van der Waals surface area contributed by atoms with E-state index in [1.165, 1.54) is 0 Å². The van der Waals surface area contributed by atoms with Crippen LogP contribution >= 0.6 is 0 Å². The van der Waals surface area contributed by atoms with Crippen molar-refractivity contribution in [3.8, 4) is 0 Å². The minimum atomic E-state index is 0.801. The Labute approximate surface area is 120 Å². The van der Waals surface area contributed by atoms with E-state index in [9.17, 15) is 0 Å². The third kappa shape index (κ3) is 3.17. The molecule has 0 spiro atoms. The predicted octanol–water partition coefficient (Wildman–Crippen LogP) is 2.89. The van der Waals surface area contributed by atoms with E-state index in [4.69, 9.17) is 0 Å². The van der Waals surface area contributed by atoms with Crippen LogP contribution in [0.25, 0.3) is 0 Å². The summed E-state index contributed by atoms with van der Waals surface area (Å²) in [5.74, 6) is 2.44. The lowest BCUT2D eigenvalue weighted by molar-refractivity contribution is 0.944. The number of hydrogen-bond acceptors (Lipinski definition) is 5. The number of hydrogen-bond donors (Lipinski definition) is 2. The summed E-state index contributed by atoms with van der Waals surface area (Å²) in [6.45, 7) is 2.05. The lowest BCUT2D eigenvalue weighted by atomic mass is 10.2. The number of benzene rings is 1. The zero-order chi connectivity index (χ0) is 14.5. The Morgan fingerprint density at radius 3 is 2.45 bits per heavy atom. The molecule has 5 nitrogen and oxygen atoms in total. The topological polar surface area (TPSA) is 53.1 Å². The third-order valence-corrected chi connectivity index (χ3v) is 2.99. The molecule has 0 amide bonds. The summed E-state index contributed by atoms with van der Waals surface area (Å²) in [4.78, 5) is 11.0. The van der Waals surface area contributed by atoms with Crippen molar-refractivity contribution >= 4 is 23.0 Å². The third-order valence-electron chi connectivity index (χ3n) is 2.99. The molecule has 0 radical (unpaired) electrons. The number of anilines is 4. The molecule has 0 aliphatic carbocycles. The first-order chi connectivity index (χ1) is 9.63. The molecule has 0 atom stereocenters.